The van der Waals surface area contributed by atoms with Crippen LogP contribution in [-0.2, 0) is 16.6 Å². The van der Waals surface area contributed by atoms with Crippen molar-refractivity contribution in [1.29, 1.82) is 0 Å². The van der Waals surface area contributed by atoms with Crippen molar-refractivity contribution in [2.45, 2.75) is 50.0 Å². The van der Waals surface area contributed by atoms with Crippen LogP contribution in [-0.4, -0.2) is 38.3 Å². The van der Waals surface area contributed by atoms with Crippen LogP contribution in [0.15, 0.2) is 34.2 Å². The smallest absolute Gasteiger partial charge is 0.243 e. The Bertz CT molecular complexity index is 690. The number of hydrogen-bond acceptors (Lipinski definition) is 3. The zero-order valence-electron chi connectivity index (χ0n) is 14.7. The predicted octanol–water partition coefficient (Wildman–Crippen LogP) is 2.07. The Labute approximate surface area is 150 Å². The molecule has 1 aliphatic carbocycles. The van der Waals surface area contributed by atoms with Gasteiger partial charge < -0.3 is 11.1 Å². The molecule has 0 atom stereocenters. The average Bonchev–Trinajstić information content (AvgIpc) is 2.60. The van der Waals surface area contributed by atoms with Gasteiger partial charge in [-0.15, -0.1) is 0 Å². The number of nitrogens with two attached hydrogens (primary N) is 1. The summed E-state index contributed by atoms with van der Waals surface area (Å²) in [6, 6.07) is 6.98. The van der Waals surface area contributed by atoms with Gasteiger partial charge in [-0.25, -0.2) is 13.4 Å². The van der Waals surface area contributed by atoms with Crippen LogP contribution in [0, 0.1) is 5.92 Å². The molecule has 7 heteroatoms. The van der Waals surface area contributed by atoms with Gasteiger partial charge in [-0.3, -0.25) is 0 Å². The van der Waals surface area contributed by atoms with E-state index in [9.17, 15) is 8.42 Å². The topological polar surface area (TPSA) is 87.8 Å². The third-order valence-electron chi connectivity index (χ3n) is 5.10. The molecule has 0 unspecified atom stereocenters. The second-order valence-electron chi connectivity index (χ2n) is 6.99. The third kappa shape index (κ3) is 4.73. The van der Waals surface area contributed by atoms with Gasteiger partial charge in [0.05, 0.1) is 11.4 Å². The standard InChI is InChI=1S/C18H28N4O2S/c19-18(20-13-15-5-4-6-15)21-14-16-7-9-17(10-8-16)25(23,24)22-11-2-1-3-12-22/h7-10,15H,1-6,11-14H2,(H3,19,20,21). The summed E-state index contributed by atoms with van der Waals surface area (Å²) in [6.07, 6.45) is 6.86. The Morgan fingerprint density at radius 3 is 2.40 bits per heavy atom. The number of rotatable bonds is 6. The van der Waals surface area contributed by atoms with E-state index in [-0.39, 0.29) is 0 Å². The molecule has 0 radical (unpaired) electrons. The predicted molar refractivity (Wildman–Crippen MR) is 99.7 cm³/mol. The van der Waals surface area contributed by atoms with Crippen molar-refractivity contribution in [3.8, 4) is 0 Å². The molecule has 1 saturated carbocycles. The Morgan fingerprint density at radius 1 is 1.12 bits per heavy atom. The van der Waals surface area contributed by atoms with Crippen molar-refractivity contribution in [3.05, 3.63) is 29.8 Å². The van der Waals surface area contributed by atoms with E-state index in [0.29, 0.717) is 30.5 Å². The lowest BCUT2D eigenvalue weighted by molar-refractivity contribution is 0.315. The lowest BCUT2D eigenvalue weighted by atomic mass is 9.85. The highest BCUT2D eigenvalue weighted by molar-refractivity contribution is 7.89. The number of nitrogens with zero attached hydrogens (tertiary/aromatic N) is 2. The minimum atomic E-state index is -3.36. The number of benzene rings is 1. The minimum absolute atomic E-state index is 0.359. The van der Waals surface area contributed by atoms with Crippen LogP contribution < -0.4 is 11.1 Å². The quantitative estimate of drug-likeness (QED) is 0.597. The second kappa shape index (κ2) is 8.19. The second-order valence-corrected chi connectivity index (χ2v) is 8.93. The first-order chi connectivity index (χ1) is 12.1. The highest BCUT2D eigenvalue weighted by Crippen LogP contribution is 2.25. The SMILES string of the molecule is NC(=NCc1ccc(S(=O)(=O)N2CCCCC2)cc1)NCC1CCC1. The van der Waals surface area contributed by atoms with Crippen molar-refractivity contribution < 1.29 is 8.42 Å². The molecule has 2 aliphatic rings. The number of hydrogen-bond donors (Lipinski definition) is 2. The number of sulfonamides is 1. The fourth-order valence-corrected chi connectivity index (χ4v) is 4.72. The zero-order valence-corrected chi connectivity index (χ0v) is 15.5. The largest absolute Gasteiger partial charge is 0.370 e. The molecule has 1 aromatic carbocycles. The first kappa shape index (κ1) is 18.2. The van der Waals surface area contributed by atoms with Crippen LogP contribution in [0.3, 0.4) is 0 Å². The summed E-state index contributed by atoms with van der Waals surface area (Å²) in [4.78, 5) is 4.69. The lowest BCUT2D eigenvalue weighted by Crippen LogP contribution is -2.37. The molecule has 0 bridgehead atoms. The van der Waals surface area contributed by atoms with Crippen LogP contribution in [0.1, 0.15) is 44.1 Å². The van der Waals surface area contributed by atoms with E-state index in [1.165, 1.54) is 19.3 Å². The van der Waals surface area contributed by atoms with E-state index in [4.69, 9.17) is 5.73 Å². The van der Waals surface area contributed by atoms with E-state index in [1.807, 2.05) is 12.1 Å². The van der Waals surface area contributed by atoms with Crippen LogP contribution in [0.4, 0.5) is 0 Å². The van der Waals surface area contributed by atoms with Crippen LogP contribution in [0.25, 0.3) is 0 Å². The summed E-state index contributed by atoms with van der Waals surface area (Å²) < 4.78 is 26.8. The molecule has 1 heterocycles. The maximum atomic E-state index is 12.6. The maximum absolute atomic E-state index is 12.6. The fourth-order valence-electron chi connectivity index (χ4n) is 3.20. The molecule has 0 spiro atoms. The Balaban J connectivity index is 1.55. The first-order valence-corrected chi connectivity index (χ1v) is 10.6. The van der Waals surface area contributed by atoms with Crippen molar-refractivity contribution in [1.82, 2.24) is 9.62 Å². The van der Waals surface area contributed by atoms with E-state index in [1.54, 1.807) is 16.4 Å². The number of aliphatic imine (C=N–C) groups is 1. The van der Waals surface area contributed by atoms with Gasteiger partial charge in [-0.1, -0.05) is 25.0 Å². The van der Waals surface area contributed by atoms with Gasteiger partial charge in [0.15, 0.2) is 5.96 Å². The van der Waals surface area contributed by atoms with Gasteiger partial charge in [0.25, 0.3) is 0 Å². The van der Waals surface area contributed by atoms with Gasteiger partial charge in [-0.2, -0.15) is 4.31 Å². The summed E-state index contributed by atoms with van der Waals surface area (Å²) in [5, 5.41) is 3.16. The molecule has 138 valence electrons. The van der Waals surface area contributed by atoms with Gasteiger partial charge >= 0.3 is 0 Å². The Kier molecular flexibility index (Phi) is 5.96. The molecule has 25 heavy (non-hydrogen) atoms. The summed E-state index contributed by atoms with van der Waals surface area (Å²) >= 11 is 0. The molecule has 0 amide bonds. The summed E-state index contributed by atoms with van der Waals surface area (Å²) in [6.45, 7) is 2.59. The molecule has 6 nitrogen and oxygen atoms in total. The molecule has 1 aromatic rings. The van der Waals surface area contributed by atoms with Crippen molar-refractivity contribution >= 4 is 16.0 Å². The van der Waals surface area contributed by atoms with E-state index >= 15 is 0 Å². The normalized spacial score (nSPS) is 20.2. The third-order valence-corrected chi connectivity index (χ3v) is 7.02. The summed E-state index contributed by atoms with van der Waals surface area (Å²) in [5.41, 5.74) is 6.83. The van der Waals surface area contributed by atoms with Crippen molar-refractivity contribution in [2.75, 3.05) is 19.6 Å². The minimum Gasteiger partial charge on any atom is -0.370 e. The molecule has 2 fully saturated rings. The molecular weight excluding hydrogens is 336 g/mol. The van der Waals surface area contributed by atoms with Crippen molar-refractivity contribution in [2.24, 2.45) is 16.6 Å². The number of guanidine groups is 1. The number of piperidine rings is 1. The summed E-state index contributed by atoms with van der Waals surface area (Å²) in [5.74, 6) is 1.19. The number of nitrogens with one attached hydrogen (secondary N) is 1. The fraction of sp³-hybridized carbons (Fsp3) is 0.611. The highest BCUT2D eigenvalue weighted by Gasteiger charge is 2.25. The first-order valence-electron chi connectivity index (χ1n) is 9.18. The van der Waals surface area contributed by atoms with E-state index in [0.717, 1.165) is 37.3 Å². The van der Waals surface area contributed by atoms with E-state index in [2.05, 4.69) is 10.3 Å². The van der Waals surface area contributed by atoms with Gasteiger partial charge in [-0.05, 0) is 49.3 Å². The molecule has 0 aromatic heterocycles. The van der Waals surface area contributed by atoms with E-state index < -0.39 is 10.0 Å². The monoisotopic (exact) mass is 364 g/mol. The van der Waals surface area contributed by atoms with Crippen LogP contribution in [0.2, 0.25) is 0 Å². The lowest BCUT2D eigenvalue weighted by Gasteiger charge is -2.26. The highest BCUT2D eigenvalue weighted by atomic mass is 32.2. The van der Waals surface area contributed by atoms with Crippen LogP contribution >= 0.6 is 0 Å². The van der Waals surface area contributed by atoms with Gasteiger partial charge in [0, 0.05) is 19.6 Å². The zero-order chi connectivity index (χ0) is 17.7. The molecule has 3 rings (SSSR count). The van der Waals surface area contributed by atoms with Crippen LogP contribution in [0.5, 0.6) is 0 Å². The molecule has 1 aliphatic heterocycles. The molecule has 3 N–H and O–H groups in total. The summed E-state index contributed by atoms with van der Waals surface area (Å²) in [7, 11) is -3.36. The maximum Gasteiger partial charge on any atom is 0.243 e. The van der Waals surface area contributed by atoms with Gasteiger partial charge in [0.1, 0.15) is 0 Å². The Morgan fingerprint density at radius 2 is 1.80 bits per heavy atom. The van der Waals surface area contributed by atoms with Gasteiger partial charge in [0.2, 0.25) is 10.0 Å². The molecule has 1 saturated heterocycles. The average molecular weight is 365 g/mol. The Hall–Kier alpha value is -1.60. The van der Waals surface area contributed by atoms with Crippen molar-refractivity contribution in [3.63, 3.8) is 0 Å². The molecular formula is C18H28N4O2S.